The van der Waals surface area contributed by atoms with Crippen LogP contribution in [0.5, 0.6) is 0 Å². The number of carbonyl (C=O) groups excluding carboxylic acids is 1. The Hall–Kier alpha value is -2.14. The van der Waals surface area contributed by atoms with E-state index in [2.05, 4.69) is 4.98 Å². The van der Waals surface area contributed by atoms with E-state index in [4.69, 9.17) is 11.6 Å². The minimum atomic E-state index is -0.394. The topological polar surface area (TPSA) is 53.2 Å². The molecule has 24 heavy (non-hydrogen) atoms. The Morgan fingerprint density at radius 3 is 2.88 bits per heavy atom. The van der Waals surface area contributed by atoms with E-state index in [1.807, 2.05) is 0 Å². The molecule has 1 aromatic heterocycles. The maximum atomic E-state index is 14.0. The molecule has 0 radical (unpaired) electrons. The monoisotopic (exact) mass is 348 g/mol. The summed E-state index contributed by atoms with van der Waals surface area (Å²) in [4.78, 5) is 29.1. The van der Waals surface area contributed by atoms with Crippen LogP contribution in [0.1, 0.15) is 34.5 Å². The van der Waals surface area contributed by atoms with Crippen LogP contribution in [0.2, 0.25) is 5.02 Å². The molecule has 0 spiro atoms. The molecule has 1 amide bonds. The number of halogens is 2. The molecule has 2 aromatic rings. The second-order valence-electron chi connectivity index (χ2n) is 6.08. The van der Waals surface area contributed by atoms with E-state index in [0.29, 0.717) is 29.2 Å². The molecule has 0 unspecified atom stereocenters. The number of likely N-dealkylation sites (tertiary alicyclic amines) is 1. The first-order valence-electron chi connectivity index (χ1n) is 7.91. The first-order valence-corrected chi connectivity index (χ1v) is 8.29. The highest BCUT2D eigenvalue weighted by Crippen LogP contribution is 2.27. The van der Waals surface area contributed by atoms with Gasteiger partial charge in [-0.15, -0.1) is 0 Å². The number of amides is 1. The summed E-state index contributed by atoms with van der Waals surface area (Å²) in [6, 6.07) is 7.66. The molecule has 1 N–H and O–H groups in total. The van der Waals surface area contributed by atoms with Gasteiger partial charge in [-0.3, -0.25) is 9.59 Å². The molecule has 2 heterocycles. The predicted molar refractivity (Wildman–Crippen MR) is 91.0 cm³/mol. The van der Waals surface area contributed by atoms with Crippen molar-refractivity contribution in [3.05, 3.63) is 68.3 Å². The van der Waals surface area contributed by atoms with Gasteiger partial charge < -0.3 is 9.88 Å². The number of aromatic nitrogens is 1. The summed E-state index contributed by atoms with van der Waals surface area (Å²) in [5.74, 6) is -0.679. The molecule has 1 saturated heterocycles. The van der Waals surface area contributed by atoms with E-state index in [-0.39, 0.29) is 23.3 Å². The Morgan fingerprint density at radius 2 is 2.17 bits per heavy atom. The molecule has 126 valence electrons. The van der Waals surface area contributed by atoms with Crippen molar-refractivity contribution in [2.45, 2.75) is 32.2 Å². The van der Waals surface area contributed by atoms with E-state index in [0.717, 1.165) is 12.8 Å². The zero-order chi connectivity index (χ0) is 17.3. The lowest BCUT2D eigenvalue weighted by atomic mass is 10.0. The fraction of sp³-hybridized carbons (Fsp3) is 0.333. The average molecular weight is 349 g/mol. The van der Waals surface area contributed by atoms with Crippen LogP contribution in [-0.2, 0) is 6.42 Å². The lowest BCUT2D eigenvalue weighted by Gasteiger charge is -2.25. The molecule has 1 aromatic carbocycles. The van der Waals surface area contributed by atoms with Crippen molar-refractivity contribution < 1.29 is 9.18 Å². The number of aryl methyl sites for hydroxylation is 1. The highest BCUT2D eigenvalue weighted by Gasteiger charge is 2.31. The Balaban J connectivity index is 1.85. The third kappa shape index (κ3) is 3.22. The van der Waals surface area contributed by atoms with Gasteiger partial charge in [-0.25, -0.2) is 4.39 Å². The Labute approximate surface area is 144 Å². The first kappa shape index (κ1) is 16.7. The van der Waals surface area contributed by atoms with Gasteiger partial charge in [0.05, 0.1) is 0 Å². The van der Waals surface area contributed by atoms with E-state index < -0.39 is 5.56 Å². The van der Waals surface area contributed by atoms with E-state index in [9.17, 15) is 14.0 Å². The smallest absolute Gasteiger partial charge is 0.260 e. The third-order valence-electron chi connectivity index (χ3n) is 4.43. The van der Waals surface area contributed by atoms with Crippen molar-refractivity contribution in [3.8, 4) is 0 Å². The zero-order valence-corrected chi connectivity index (χ0v) is 14.1. The summed E-state index contributed by atoms with van der Waals surface area (Å²) in [6.45, 7) is 2.32. The zero-order valence-electron chi connectivity index (χ0n) is 13.3. The number of pyridine rings is 1. The van der Waals surface area contributed by atoms with Crippen molar-refractivity contribution in [2.75, 3.05) is 6.54 Å². The number of nitrogens with zero attached hydrogens (tertiary/aromatic N) is 1. The second kappa shape index (κ2) is 6.77. The van der Waals surface area contributed by atoms with Gasteiger partial charge >= 0.3 is 0 Å². The molecular weight excluding hydrogens is 331 g/mol. The van der Waals surface area contributed by atoms with Crippen LogP contribution >= 0.6 is 11.6 Å². The predicted octanol–water partition coefficient (Wildman–Crippen LogP) is 3.32. The highest BCUT2D eigenvalue weighted by atomic mass is 35.5. The summed E-state index contributed by atoms with van der Waals surface area (Å²) in [6.07, 6.45) is 1.94. The minimum Gasteiger partial charge on any atom is -0.335 e. The number of hydrogen-bond acceptors (Lipinski definition) is 2. The van der Waals surface area contributed by atoms with Gasteiger partial charge in [-0.05, 0) is 50.5 Å². The Kier molecular flexibility index (Phi) is 4.71. The van der Waals surface area contributed by atoms with Crippen molar-refractivity contribution in [1.29, 1.82) is 0 Å². The van der Waals surface area contributed by atoms with Gasteiger partial charge in [-0.2, -0.15) is 0 Å². The van der Waals surface area contributed by atoms with Crippen LogP contribution in [0.15, 0.2) is 35.1 Å². The second-order valence-corrected chi connectivity index (χ2v) is 6.49. The first-order chi connectivity index (χ1) is 11.5. The highest BCUT2D eigenvalue weighted by molar-refractivity contribution is 6.31. The molecule has 1 fully saturated rings. The lowest BCUT2D eigenvalue weighted by molar-refractivity contribution is 0.0734. The SMILES string of the molecule is Cc1ccc(C(=O)N2CCC[C@H]2Cc2c(F)cccc2Cl)c(=O)[nH]1. The lowest BCUT2D eigenvalue weighted by Crippen LogP contribution is -2.39. The van der Waals surface area contributed by atoms with Crippen LogP contribution in [0, 0.1) is 12.7 Å². The number of aromatic amines is 1. The fourth-order valence-electron chi connectivity index (χ4n) is 3.17. The van der Waals surface area contributed by atoms with Gasteiger partial charge in [0.25, 0.3) is 11.5 Å². The number of nitrogens with one attached hydrogen (secondary N) is 1. The number of benzene rings is 1. The number of hydrogen-bond donors (Lipinski definition) is 1. The summed E-state index contributed by atoms with van der Waals surface area (Å²) in [7, 11) is 0. The fourth-order valence-corrected chi connectivity index (χ4v) is 3.41. The van der Waals surface area contributed by atoms with Crippen molar-refractivity contribution >= 4 is 17.5 Å². The van der Waals surface area contributed by atoms with Crippen LogP contribution in [0.25, 0.3) is 0 Å². The van der Waals surface area contributed by atoms with Gasteiger partial charge in [0.1, 0.15) is 11.4 Å². The van der Waals surface area contributed by atoms with Crippen LogP contribution in [-0.4, -0.2) is 28.4 Å². The molecule has 1 aliphatic rings. The van der Waals surface area contributed by atoms with E-state index in [1.165, 1.54) is 6.07 Å². The van der Waals surface area contributed by atoms with E-state index in [1.54, 1.807) is 36.1 Å². The molecule has 6 heteroatoms. The average Bonchev–Trinajstić information content (AvgIpc) is 2.99. The Morgan fingerprint density at radius 1 is 1.38 bits per heavy atom. The molecule has 1 atom stereocenters. The third-order valence-corrected chi connectivity index (χ3v) is 4.78. The normalized spacial score (nSPS) is 17.3. The summed E-state index contributed by atoms with van der Waals surface area (Å²) in [5.41, 5.74) is 0.844. The molecule has 1 aliphatic heterocycles. The van der Waals surface area contributed by atoms with Crippen molar-refractivity contribution in [1.82, 2.24) is 9.88 Å². The van der Waals surface area contributed by atoms with Crippen molar-refractivity contribution in [2.24, 2.45) is 0 Å². The molecular formula is C18H18ClFN2O2. The summed E-state index contributed by atoms with van der Waals surface area (Å²) < 4.78 is 14.0. The maximum absolute atomic E-state index is 14.0. The molecule has 4 nitrogen and oxygen atoms in total. The van der Waals surface area contributed by atoms with Crippen LogP contribution in [0.4, 0.5) is 4.39 Å². The van der Waals surface area contributed by atoms with Crippen molar-refractivity contribution in [3.63, 3.8) is 0 Å². The van der Waals surface area contributed by atoms with Gasteiger partial charge in [0.15, 0.2) is 0 Å². The number of rotatable bonds is 3. The molecule has 0 bridgehead atoms. The van der Waals surface area contributed by atoms with Crippen LogP contribution < -0.4 is 5.56 Å². The summed E-state index contributed by atoms with van der Waals surface area (Å²) in [5, 5.41) is 0.363. The largest absolute Gasteiger partial charge is 0.335 e. The van der Waals surface area contributed by atoms with Gasteiger partial charge in [0, 0.05) is 28.9 Å². The summed E-state index contributed by atoms with van der Waals surface area (Å²) >= 11 is 6.10. The standard InChI is InChI=1S/C18H18ClFN2O2/c1-11-7-8-13(17(23)21-11)18(24)22-9-3-4-12(22)10-14-15(19)5-2-6-16(14)20/h2,5-8,12H,3-4,9-10H2,1H3,(H,21,23)/t12-/m0/s1. The van der Waals surface area contributed by atoms with E-state index >= 15 is 0 Å². The maximum Gasteiger partial charge on any atom is 0.260 e. The number of carbonyl (C=O) groups is 1. The quantitative estimate of drug-likeness (QED) is 0.925. The minimum absolute atomic E-state index is 0.118. The molecule has 0 saturated carbocycles. The van der Waals surface area contributed by atoms with Gasteiger partial charge in [-0.1, -0.05) is 17.7 Å². The van der Waals surface area contributed by atoms with Gasteiger partial charge in [0.2, 0.25) is 0 Å². The van der Waals surface area contributed by atoms with Crippen LogP contribution in [0.3, 0.4) is 0 Å². The molecule has 0 aliphatic carbocycles. The molecule has 3 rings (SSSR count). The Bertz CT molecular complexity index is 814. The number of H-pyrrole nitrogens is 1.